The van der Waals surface area contributed by atoms with Crippen molar-refractivity contribution in [2.45, 2.75) is 216 Å². The van der Waals surface area contributed by atoms with Gasteiger partial charge in [0, 0.05) is 13.0 Å². The lowest BCUT2D eigenvalue weighted by Gasteiger charge is -2.42. The SMILES string of the molecule is CC/C=C\C/C=C\C/C=C\CCCCCCCCOCC(COC1OC(COC2OC(CO)C(O)C(O)C2O)C(O)C(O)C1O)OC(=O)CCCCCCC/C=C\C/C=C\CCCC. The fourth-order valence-electron chi connectivity index (χ4n) is 7.26. The molecule has 0 saturated carbocycles. The maximum absolute atomic E-state index is 13.0. The Bertz CT molecular complexity index is 1290. The third-order valence-electron chi connectivity index (χ3n) is 11.3. The molecule has 14 heteroatoms. The van der Waals surface area contributed by atoms with E-state index in [2.05, 4.69) is 74.6 Å². The first-order valence-corrected chi connectivity index (χ1v) is 24.4. The van der Waals surface area contributed by atoms with E-state index in [4.69, 9.17) is 28.4 Å². The fraction of sp³-hybridized carbons (Fsp3) is 0.780. The molecule has 2 aliphatic rings. The van der Waals surface area contributed by atoms with E-state index < -0.39 is 86.7 Å². The van der Waals surface area contributed by atoms with Crippen molar-refractivity contribution < 1.29 is 69.0 Å². The Balaban J connectivity index is 1.80. The summed E-state index contributed by atoms with van der Waals surface area (Å²) in [6.07, 6.45) is 27.1. The quantitative estimate of drug-likeness (QED) is 0.0200. The van der Waals surface area contributed by atoms with Crippen LogP contribution in [0.4, 0.5) is 0 Å². The average Bonchev–Trinajstić information content (AvgIpc) is 3.29. The van der Waals surface area contributed by atoms with Crippen LogP contribution in [-0.4, -0.2) is 142 Å². The van der Waals surface area contributed by atoms with Crippen molar-refractivity contribution in [1.82, 2.24) is 0 Å². The number of carbonyl (C=O) groups is 1. The van der Waals surface area contributed by atoms with Crippen LogP contribution in [0.5, 0.6) is 0 Å². The van der Waals surface area contributed by atoms with Crippen LogP contribution < -0.4 is 0 Å². The molecule has 0 aliphatic carbocycles. The van der Waals surface area contributed by atoms with Crippen LogP contribution in [-0.2, 0) is 33.2 Å². The van der Waals surface area contributed by atoms with Gasteiger partial charge in [0.1, 0.15) is 54.9 Å². The maximum Gasteiger partial charge on any atom is 0.306 e. The summed E-state index contributed by atoms with van der Waals surface area (Å²) in [5.74, 6) is -0.398. The molecule has 0 spiro atoms. The topological polar surface area (TPSA) is 214 Å². The largest absolute Gasteiger partial charge is 0.457 e. The van der Waals surface area contributed by atoms with Crippen molar-refractivity contribution in [2.24, 2.45) is 0 Å². The van der Waals surface area contributed by atoms with Gasteiger partial charge in [-0.3, -0.25) is 4.79 Å². The Kier molecular flexibility index (Phi) is 34.1. The highest BCUT2D eigenvalue weighted by Crippen LogP contribution is 2.26. The molecule has 14 nitrogen and oxygen atoms in total. The molecular weight excluding hydrogens is 825 g/mol. The molecule has 2 aliphatic heterocycles. The minimum absolute atomic E-state index is 0.0440. The highest BCUT2D eigenvalue weighted by atomic mass is 16.7. The third-order valence-corrected chi connectivity index (χ3v) is 11.3. The van der Waals surface area contributed by atoms with Crippen LogP contribution in [0.1, 0.15) is 149 Å². The summed E-state index contributed by atoms with van der Waals surface area (Å²) in [5, 5.41) is 72.0. The Morgan fingerprint density at radius 3 is 1.59 bits per heavy atom. The first kappa shape index (κ1) is 57.8. The summed E-state index contributed by atoms with van der Waals surface area (Å²) < 4.78 is 34.2. The molecule has 370 valence electrons. The number of hydrogen-bond acceptors (Lipinski definition) is 14. The number of esters is 1. The highest BCUT2D eigenvalue weighted by molar-refractivity contribution is 5.69. The number of unbranched alkanes of at least 4 members (excludes halogenated alkanes) is 13. The standard InChI is InChI=1S/C50H86O14/c1-3-5-7-9-11-13-15-17-19-20-22-24-26-28-30-32-34-59-36-39(62-42(52)33-31-29-27-25-23-21-18-16-14-12-10-8-6-4-2)37-60-49-48(58)46(56)44(54)41(64-49)38-61-50-47(57)45(55)43(53)40(35-51)63-50/h5,7,10-13,16-19,39-41,43-51,53-58H,3-4,6,8-9,14-15,20-38H2,1-2H3/b7-5-,12-10-,13-11-,18-16-,19-17-. The van der Waals surface area contributed by atoms with Crippen LogP contribution in [0.15, 0.2) is 60.8 Å². The summed E-state index contributed by atoms with van der Waals surface area (Å²) in [7, 11) is 0. The second-order valence-corrected chi connectivity index (χ2v) is 16.9. The summed E-state index contributed by atoms with van der Waals surface area (Å²) >= 11 is 0. The average molecular weight is 911 g/mol. The number of hydrogen-bond donors (Lipinski definition) is 7. The Labute approximate surface area is 384 Å². The first-order chi connectivity index (χ1) is 31.1. The molecule has 0 aromatic heterocycles. The van der Waals surface area contributed by atoms with E-state index in [0.717, 1.165) is 96.3 Å². The van der Waals surface area contributed by atoms with Gasteiger partial charge in [-0.1, -0.05) is 132 Å². The molecule has 0 amide bonds. The number of allylic oxidation sites excluding steroid dienone is 10. The van der Waals surface area contributed by atoms with Crippen molar-refractivity contribution in [3.63, 3.8) is 0 Å². The van der Waals surface area contributed by atoms with Crippen molar-refractivity contribution in [1.29, 1.82) is 0 Å². The first-order valence-electron chi connectivity index (χ1n) is 24.4. The molecule has 7 N–H and O–H groups in total. The van der Waals surface area contributed by atoms with E-state index in [1.54, 1.807) is 0 Å². The number of aliphatic hydroxyl groups excluding tert-OH is 7. The van der Waals surface area contributed by atoms with E-state index >= 15 is 0 Å². The maximum atomic E-state index is 13.0. The Morgan fingerprint density at radius 1 is 0.531 bits per heavy atom. The second kappa shape index (κ2) is 37.7. The summed E-state index contributed by atoms with van der Waals surface area (Å²) in [6.45, 7) is 3.46. The van der Waals surface area contributed by atoms with Crippen molar-refractivity contribution in [3.8, 4) is 0 Å². The second-order valence-electron chi connectivity index (χ2n) is 16.9. The molecule has 2 saturated heterocycles. The zero-order chi connectivity index (χ0) is 46.6. The summed E-state index contributed by atoms with van der Waals surface area (Å²) in [6, 6.07) is 0. The van der Waals surface area contributed by atoms with Crippen LogP contribution in [0.25, 0.3) is 0 Å². The van der Waals surface area contributed by atoms with Crippen LogP contribution in [0.2, 0.25) is 0 Å². The van der Waals surface area contributed by atoms with Gasteiger partial charge in [0.2, 0.25) is 0 Å². The van der Waals surface area contributed by atoms with Crippen LogP contribution in [0.3, 0.4) is 0 Å². The highest BCUT2D eigenvalue weighted by Gasteiger charge is 2.47. The molecule has 0 aromatic carbocycles. The molecular formula is C50H86O14. The predicted molar refractivity (Wildman–Crippen MR) is 247 cm³/mol. The van der Waals surface area contributed by atoms with Crippen molar-refractivity contribution in [2.75, 3.05) is 33.0 Å². The van der Waals surface area contributed by atoms with E-state index in [1.807, 2.05) is 0 Å². The van der Waals surface area contributed by atoms with E-state index in [1.165, 1.54) is 25.7 Å². The van der Waals surface area contributed by atoms with E-state index in [-0.39, 0.29) is 19.6 Å². The van der Waals surface area contributed by atoms with Crippen LogP contribution >= 0.6 is 0 Å². The van der Waals surface area contributed by atoms with Crippen molar-refractivity contribution >= 4 is 5.97 Å². The van der Waals surface area contributed by atoms with Gasteiger partial charge in [0.05, 0.1) is 26.4 Å². The third kappa shape index (κ3) is 25.6. The zero-order valence-electron chi connectivity index (χ0n) is 39.0. The fourth-order valence-corrected chi connectivity index (χ4v) is 7.26. The lowest BCUT2D eigenvalue weighted by Crippen LogP contribution is -2.61. The molecule has 0 bridgehead atoms. The molecule has 11 atom stereocenters. The number of aliphatic hydroxyl groups is 7. The molecule has 2 fully saturated rings. The zero-order valence-corrected chi connectivity index (χ0v) is 39.0. The lowest BCUT2D eigenvalue weighted by atomic mass is 9.98. The van der Waals surface area contributed by atoms with Gasteiger partial charge in [-0.05, 0) is 70.6 Å². The lowest BCUT2D eigenvalue weighted by molar-refractivity contribution is -0.332. The van der Waals surface area contributed by atoms with Gasteiger partial charge in [-0.2, -0.15) is 0 Å². The van der Waals surface area contributed by atoms with Gasteiger partial charge in [0.25, 0.3) is 0 Å². The monoisotopic (exact) mass is 911 g/mol. The molecule has 11 unspecified atom stereocenters. The van der Waals surface area contributed by atoms with Gasteiger partial charge in [-0.15, -0.1) is 0 Å². The Morgan fingerprint density at radius 2 is 1.02 bits per heavy atom. The Hall–Kier alpha value is -2.31. The number of ether oxygens (including phenoxy) is 6. The smallest absolute Gasteiger partial charge is 0.306 e. The normalized spacial score (nSPS) is 27.3. The molecule has 0 aromatic rings. The number of carbonyl (C=O) groups excluding carboxylic acids is 1. The van der Waals surface area contributed by atoms with Gasteiger partial charge < -0.3 is 64.2 Å². The van der Waals surface area contributed by atoms with E-state index in [9.17, 15) is 40.5 Å². The van der Waals surface area contributed by atoms with Gasteiger partial charge in [-0.25, -0.2) is 0 Å². The van der Waals surface area contributed by atoms with Crippen molar-refractivity contribution in [3.05, 3.63) is 60.8 Å². The molecule has 2 rings (SSSR count). The predicted octanol–water partition coefficient (Wildman–Crippen LogP) is 6.57. The minimum Gasteiger partial charge on any atom is -0.457 e. The van der Waals surface area contributed by atoms with Crippen LogP contribution in [0, 0.1) is 0 Å². The summed E-state index contributed by atoms with van der Waals surface area (Å²) in [4.78, 5) is 13.0. The van der Waals surface area contributed by atoms with Gasteiger partial charge >= 0.3 is 5.97 Å². The summed E-state index contributed by atoms with van der Waals surface area (Å²) in [5.41, 5.74) is 0. The molecule has 64 heavy (non-hydrogen) atoms. The van der Waals surface area contributed by atoms with Gasteiger partial charge in [0.15, 0.2) is 12.6 Å². The van der Waals surface area contributed by atoms with E-state index in [0.29, 0.717) is 13.0 Å². The molecule has 0 radical (unpaired) electrons. The number of rotatable bonds is 37. The molecule has 2 heterocycles. The minimum atomic E-state index is -1.71.